The van der Waals surface area contributed by atoms with Gasteiger partial charge in [0.05, 0.1) is 17.2 Å². The summed E-state index contributed by atoms with van der Waals surface area (Å²) in [6.45, 7) is 2.58. The number of nitrogens with one attached hydrogen (secondary N) is 2. The van der Waals surface area contributed by atoms with E-state index in [0.29, 0.717) is 5.69 Å². The average molecular weight is 416 g/mol. The van der Waals surface area contributed by atoms with Gasteiger partial charge < -0.3 is 15.4 Å². The molecule has 0 fully saturated rings. The standard InChI is InChI=1S/C18H17ClF3N3O3/c1-3-28-16(27)17(18(20,21)22,24-14-10-6-7-11(2)23-14)25-15(26)12-8-4-5-9-13(12)19/h4-10H,3H2,1-2H3,(H,23,24)(H,25,26)/t17-/m1/s1. The van der Waals surface area contributed by atoms with Crippen molar-refractivity contribution in [1.82, 2.24) is 10.3 Å². The summed E-state index contributed by atoms with van der Waals surface area (Å²) in [6.07, 6.45) is -5.26. The van der Waals surface area contributed by atoms with Gasteiger partial charge in [-0.1, -0.05) is 29.8 Å². The van der Waals surface area contributed by atoms with E-state index in [1.165, 1.54) is 43.3 Å². The van der Waals surface area contributed by atoms with Crippen molar-refractivity contribution in [2.45, 2.75) is 25.7 Å². The van der Waals surface area contributed by atoms with Crippen molar-refractivity contribution in [3.05, 3.63) is 58.7 Å². The van der Waals surface area contributed by atoms with Gasteiger partial charge in [-0.25, -0.2) is 9.78 Å². The second-order valence-corrected chi connectivity index (χ2v) is 6.10. The predicted octanol–water partition coefficient (Wildman–Crippen LogP) is 3.71. The van der Waals surface area contributed by atoms with Crippen molar-refractivity contribution in [3.63, 3.8) is 0 Å². The minimum atomic E-state index is -5.26. The van der Waals surface area contributed by atoms with Crippen LogP contribution in [0.5, 0.6) is 0 Å². The first kappa shape index (κ1) is 21.5. The summed E-state index contributed by atoms with van der Waals surface area (Å²) < 4.78 is 46.8. The summed E-state index contributed by atoms with van der Waals surface area (Å²) >= 11 is 5.89. The van der Waals surface area contributed by atoms with Crippen LogP contribution in [0.3, 0.4) is 0 Å². The maximum atomic E-state index is 14.1. The third kappa shape index (κ3) is 4.53. The van der Waals surface area contributed by atoms with Crippen LogP contribution in [0, 0.1) is 6.92 Å². The van der Waals surface area contributed by atoms with Gasteiger partial charge in [0, 0.05) is 5.69 Å². The monoisotopic (exact) mass is 415 g/mol. The fourth-order valence-corrected chi connectivity index (χ4v) is 2.54. The van der Waals surface area contributed by atoms with Gasteiger partial charge in [-0.2, -0.15) is 13.2 Å². The largest absolute Gasteiger partial charge is 0.463 e. The number of alkyl halides is 3. The summed E-state index contributed by atoms with van der Waals surface area (Å²) in [6, 6.07) is 9.75. The Morgan fingerprint density at radius 1 is 1.14 bits per heavy atom. The highest BCUT2D eigenvalue weighted by molar-refractivity contribution is 6.33. The molecule has 0 bridgehead atoms. The summed E-state index contributed by atoms with van der Waals surface area (Å²) in [7, 11) is 0. The number of anilines is 1. The molecule has 2 N–H and O–H groups in total. The molecule has 1 aromatic carbocycles. The number of esters is 1. The predicted molar refractivity (Wildman–Crippen MR) is 96.9 cm³/mol. The molecule has 0 aliphatic heterocycles. The van der Waals surface area contributed by atoms with Gasteiger partial charge in [0.15, 0.2) is 0 Å². The molecular weight excluding hydrogens is 399 g/mol. The van der Waals surface area contributed by atoms with E-state index in [-0.39, 0.29) is 23.0 Å². The maximum absolute atomic E-state index is 14.1. The van der Waals surface area contributed by atoms with E-state index >= 15 is 0 Å². The lowest BCUT2D eigenvalue weighted by atomic mass is 10.1. The van der Waals surface area contributed by atoms with E-state index in [1.807, 2.05) is 5.32 Å². The number of halogens is 4. The lowest BCUT2D eigenvalue weighted by Gasteiger charge is -2.35. The first-order valence-electron chi connectivity index (χ1n) is 8.13. The SMILES string of the molecule is CCOC(=O)[C@](NC(=O)c1ccccc1Cl)(Nc1cccc(C)n1)C(F)(F)F. The molecule has 0 saturated heterocycles. The molecule has 2 aromatic rings. The van der Waals surface area contributed by atoms with Crippen LogP contribution in [-0.2, 0) is 9.53 Å². The zero-order valence-electron chi connectivity index (χ0n) is 14.9. The third-order valence-corrected chi connectivity index (χ3v) is 3.96. The molecule has 0 aliphatic rings. The van der Waals surface area contributed by atoms with E-state index in [4.69, 9.17) is 11.6 Å². The normalized spacial score (nSPS) is 13.4. The summed E-state index contributed by atoms with van der Waals surface area (Å²) in [4.78, 5) is 28.8. The van der Waals surface area contributed by atoms with Crippen LogP contribution >= 0.6 is 11.6 Å². The molecular formula is C18H17ClF3N3O3. The van der Waals surface area contributed by atoms with Crippen LogP contribution in [0.2, 0.25) is 5.02 Å². The molecule has 0 unspecified atom stereocenters. The van der Waals surface area contributed by atoms with E-state index in [0.717, 1.165) is 0 Å². The fraction of sp³-hybridized carbons (Fsp3) is 0.278. The summed E-state index contributed by atoms with van der Waals surface area (Å²) in [5.74, 6) is -3.22. The Kier molecular flexibility index (Phi) is 6.50. The van der Waals surface area contributed by atoms with E-state index in [9.17, 15) is 22.8 Å². The van der Waals surface area contributed by atoms with Gasteiger partial charge in [-0.3, -0.25) is 4.79 Å². The summed E-state index contributed by atoms with van der Waals surface area (Å²) in [5.41, 5.74) is -3.40. The quantitative estimate of drug-likeness (QED) is 0.555. The fourth-order valence-electron chi connectivity index (χ4n) is 2.32. The van der Waals surface area contributed by atoms with Crippen LogP contribution in [0.4, 0.5) is 19.0 Å². The number of nitrogens with zero attached hydrogens (tertiary/aromatic N) is 1. The smallest absolute Gasteiger partial charge is 0.441 e. The molecule has 1 amide bonds. The Labute approximate surface area is 164 Å². The molecule has 150 valence electrons. The molecule has 0 saturated carbocycles. The van der Waals surface area contributed by atoms with Crippen molar-refractivity contribution in [3.8, 4) is 0 Å². The van der Waals surface area contributed by atoms with Crippen molar-refractivity contribution in [2.24, 2.45) is 0 Å². The topological polar surface area (TPSA) is 80.3 Å². The Morgan fingerprint density at radius 3 is 2.39 bits per heavy atom. The van der Waals surface area contributed by atoms with Crippen LogP contribution in [0.1, 0.15) is 23.0 Å². The van der Waals surface area contributed by atoms with E-state index in [2.05, 4.69) is 9.72 Å². The van der Waals surface area contributed by atoms with Gasteiger partial charge in [0.1, 0.15) is 5.82 Å². The zero-order valence-corrected chi connectivity index (χ0v) is 15.7. The Balaban J connectivity index is 2.54. The van der Waals surface area contributed by atoms with Gasteiger partial charge in [-0.15, -0.1) is 0 Å². The summed E-state index contributed by atoms with van der Waals surface area (Å²) in [5, 5.41) is 3.62. The number of carbonyl (C=O) groups excluding carboxylic acids is 2. The van der Waals surface area contributed by atoms with Crippen LogP contribution in [-0.4, -0.2) is 35.3 Å². The number of aromatic nitrogens is 1. The molecule has 10 heteroatoms. The number of aryl methyl sites for hydroxylation is 1. The average Bonchev–Trinajstić information content (AvgIpc) is 2.60. The number of benzene rings is 1. The molecule has 1 aromatic heterocycles. The molecule has 2 rings (SSSR count). The lowest BCUT2D eigenvalue weighted by molar-refractivity contribution is -0.204. The first-order valence-corrected chi connectivity index (χ1v) is 8.51. The van der Waals surface area contributed by atoms with Crippen LogP contribution in [0.15, 0.2) is 42.5 Å². The van der Waals surface area contributed by atoms with Gasteiger partial charge in [0.2, 0.25) is 0 Å². The molecule has 0 aliphatic carbocycles. The van der Waals surface area contributed by atoms with E-state index in [1.54, 1.807) is 18.3 Å². The zero-order chi connectivity index (χ0) is 20.9. The van der Waals surface area contributed by atoms with Crippen molar-refractivity contribution < 1.29 is 27.5 Å². The highest BCUT2D eigenvalue weighted by atomic mass is 35.5. The van der Waals surface area contributed by atoms with Crippen LogP contribution in [0.25, 0.3) is 0 Å². The Hall–Kier alpha value is -2.81. The highest BCUT2D eigenvalue weighted by Gasteiger charge is 2.64. The number of pyridine rings is 1. The molecule has 0 spiro atoms. The van der Waals surface area contributed by atoms with Crippen molar-refractivity contribution in [2.75, 3.05) is 11.9 Å². The van der Waals surface area contributed by atoms with E-state index < -0.39 is 23.7 Å². The minimum absolute atomic E-state index is 0.0754. The minimum Gasteiger partial charge on any atom is -0.463 e. The highest BCUT2D eigenvalue weighted by Crippen LogP contribution is 2.33. The molecule has 1 heterocycles. The Morgan fingerprint density at radius 2 is 1.82 bits per heavy atom. The number of ether oxygens (including phenoxy) is 1. The first-order chi connectivity index (χ1) is 13.1. The van der Waals surface area contributed by atoms with Crippen molar-refractivity contribution in [1.29, 1.82) is 0 Å². The van der Waals surface area contributed by atoms with Gasteiger partial charge >= 0.3 is 17.8 Å². The third-order valence-electron chi connectivity index (χ3n) is 3.63. The molecule has 1 atom stereocenters. The molecule has 6 nitrogen and oxygen atoms in total. The number of carbonyl (C=O) groups is 2. The number of amides is 1. The molecule has 28 heavy (non-hydrogen) atoms. The lowest BCUT2D eigenvalue weighted by Crippen LogP contribution is -2.69. The number of hydrogen-bond acceptors (Lipinski definition) is 5. The second kappa shape index (κ2) is 8.47. The number of hydrogen-bond donors (Lipinski definition) is 2. The van der Waals surface area contributed by atoms with Gasteiger partial charge in [-0.05, 0) is 38.1 Å². The molecule has 0 radical (unpaired) electrons. The van der Waals surface area contributed by atoms with Gasteiger partial charge in [0.25, 0.3) is 5.91 Å². The van der Waals surface area contributed by atoms with Crippen molar-refractivity contribution >= 4 is 29.3 Å². The number of rotatable bonds is 6. The Bertz CT molecular complexity index is 876. The maximum Gasteiger partial charge on any atom is 0.441 e. The second-order valence-electron chi connectivity index (χ2n) is 5.69. The van der Waals surface area contributed by atoms with Crippen LogP contribution < -0.4 is 10.6 Å².